The fourth-order valence-corrected chi connectivity index (χ4v) is 2.82. The minimum atomic E-state index is -4.76. The lowest BCUT2D eigenvalue weighted by Gasteiger charge is -2.14. The van der Waals surface area contributed by atoms with Crippen molar-refractivity contribution >= 4 is 19.4 Å². The van der Waals surface area contributed by atoms with Gasteiger partial charge in [-0.1, -0.05) is 23.4 Å². The molecule has 5 N–H and O–H groups in total. The molecule has 1 aromatic heterocycles. The van der Waals surface area contributed by atoms with Gasteiger partial charge in [-0.25, -0.2) is 9.25 Å². The van der Waals surface area contributed by atoms with E-state index in [9.17, 15) is 19.6 Å². The van der Waals surface area contributed by atoms with Gasteiger partial charge in [-0.3, -0.25) is 9.32 Å². The summed E-state index contributed by atoms with van der Waals surface area (Å²) in [6.07, 6.45) is -4.15. The maximum Gasteiger partial charge on any atom is 0.469 e. The van der Waals surface area contributed by atoms with E-state index in [1.54, 1.807) is 30.3 Å². The smallest absolute Gasteiger partial charge is 0.387 e. The summed E-state index contributed by atoms with van der Waals surface area (Å²) in [7, 11) is -4.76. The molecule has 12 nitrogen and oxygen atoms in total. The maximum absolute atomic E-state index is 12.2. The summed E-state index contributed by atoms with van der Waals surface area (Å²) < 4.78 is 21.4. The van der Waals surface area contributed by atoms with E-state index in [0.29, 0.717) is 5.69 Å². The monoisotopic (exact) mass is 400 g/mol. The lowest BCUT2D eigenvalue weighted by Crippen LogP contribution is -2.33. The fourth-order valence-electron chi connectivity index (χ4n) is 2.48. The Morgan fingerprint density at radius 3 is 2.63 bits per heavy atom. The molecule has 0 spiro atoms. The number of benzene rings is 1. The van der Waals surface area contributed by atoms with E-state index in [2.05, 4.69) is 20.2 Å². The molecule has 0 radical (unpaired) electrons. The Morgan fingerprint density at radius 1 is 1.26 bits per heavy atom. The first-order chi connectivity index (χ1) is 12.7. The van der Waals surface area contributed by atoms with Crippen LogP contribution in [0, 0.1) is 0 Å². The zero-order valence-electron chi connectivity index (χ0n) is 13.7. The summed E-state index contributed by atoms with van der Waals surface area (Å²) in [5.74, 6) is -0.540. The van der Waals surface area contributed by atoms with Crippen molar-refractivity contribution in [1.82, 2.24) is 15.0 Å². The van der Waals surface area contributed by atoms with Crippen LogP contribution >= 0.6 is 7.82 Å². The summed E-state index contributed by atoms with van der Waals surface area (Å²) in [5.41, 5.74) is 0.498. The van der Waals surface area contributed by atoms with E-state index >= 15 is 0 Å². The molecule has 2 aromatic rings. The summed E-state index contributed by atoms with van der Waals surface area (Å²) in [6, 6.07) is 8.66. The van der Waals surface area contributed by atoms with Crippen LogP contribution in [0.1, 0.15) is 16.7 Å². The molecule has 0 bridgehead atoms. The highest BCUT2D eigenvalue weighted by Crippen LogP contribution is 2.38. The zero-order chi connectivity index (χ0) is 19.6. The molecule has 0 aliphatic carbocycles. The van der Waals surface area contributed by atoms with E-state index in [4.69, 9.17) is 14.5 Å². The fraction of sp³-hybridized carbons (Fsp3) is 0.357. The number of carbonyl (C=O) groups excluding carboxylic acids is 1. The minimum Gasteiger partial charge on any atom is -0.387 e. The first kappa shape index (κ1) is 19.6. The van der Waals surface area contributed by atoms with Crippen molar-refractivity contribution in [3.63, 3.8) is 0 Å². The van der Waals surface area contributed by atoms with Gasteiger partial charge in [0.05, 0.1) is 12.8 Å². The zero-order valence-corrected chi connectivity index (χ0v) is 14.6. The van der Waals surface area contributed by atoms with E-state index in [-0.39, 0.29) is 5.69 Å². The molecular formula is C14H17N4O8P. The molecule has 13 heteroatoms. The summed E-state index contributed by atoms with van der Waals surface area (Å²) in [6.45, 7) is -0.644. The van der Waals surface area contributed by atoms with Gasteiger partial charge in [0.25, 0.3) is 5.91 Å². The molecule has 0 unspecified atom stereocenters. The van der Waals surface area contributed by atoms with Crippen molar-refractivity contribution < 1.29 is 38.6 Å². The molecule has 1 fully saturated rings. The second-order valence-corrected chi connectivity index (χ2v) is 6.98. The quantitative estimate of drug-likeness (QED) is 0.388. The number of rotatable bonds is 6. The number of ether oxygens (including phenoxy) is 1. The number of aromatic nitrogens is 3. The van der Waals surface area contributed by atoms with Gasteiger partial charge in [-0.15, -0.1) is 5.10 Å². The van der Waals surface area contributed by atoms with Crippen molar-refractivity contribution in [3.05, 3.63) is 42.2 Å². The molecule has 1 aromatic carbocycles. The average molecular weight is 400 g/mol. The van der Waals surface area contributed by atoms with Crippen LogP contribution in [0.15, 0.2) is 36.5 Å². The number of aliphatic hydroxyl groups excluding tert-OH is 2. The molecule has 1 aliphatic rings. The van der Waals surface area contributed by atoms with Crippen LogP contribution < -0.4 is 5.32 Å². The summed E-state index contributed by atoms with van der Waals surface area (Å²) in [5, 5.41) is 30.0. The van der Waals surface area contributed by atoms with Crippen LogP contribution in [0.5, 0.6) is 0 Å². The number of phosphoric ester groups is 1. The second kappa shape index (κ2) is 7.82. The SMILES string of the molecule is O=C(Nc1ccccc1)c1cn([C@@H]2O[C@H](COP(=O)(O)O)[C@@H](O)[C@H]2O)nn1. The Hall–Kier alpha value is -2.18. The van der Waals surface area contributed by atoms with Gasteiger partial charge in [-0.05, 0) is 12.1 Å². The molecule has 1 saturated heterocycles. The van der Waals surface area contributed by atoms with Crippen molar-refractivity contribution in [3.8, 4) is 0 Å². The summed E-state index contributed by atoms with van der Waals surface area (Å²) in [4.78, 5) is 29.6. The van der Waals surface area contributed by atoms with Crippen LogP contribution in [-0.4, -0.2) is 65.8 Å². The Kier molecular flexibility index (Phi) is 5.67. The van der Waals surface area contributed by atoms with E-state index < -0.39 is 44.9 Å². The third-order valence-electron chi connectivity index (χ3n) is 3.78. The standard InChI is InChI=1S/C14H17N4O8P/c19-11-10(7-25-27(22,23)24)26-14(12(11)20)18-6-9(16-17-18)13(21)15-8-4-2-1-3-5-8/h1-6,10-12,14,19-20H,7H2,(H,15,21)(H2,22,23,24)/t10-,11-,12-,14-/m1/s1. The molecule has 1 amide bonds. The number of phosphoric acid groups is 1. The Morgan fingerprint density at radius 2 is 1.96 bits per heavy atom. The molecule has 3 rings (SSSR count). The van der Waals surface area contributed by atoms with Gasteiger partial charge in [0.2, 0.25) is 0 Å². The number of aliphatic hydroxyl groups is 2. The molecule has 4 atom stereocenters. The van der Waals surface area contributed by atoms with E-state index in [1.807, 2.05) is 0 Å². The molecule has 146 valence electrons. The molecule has 27 heavy (non-hydrogen) atoms. The highest BCUT2D eigenvalue weighted by Gasteiger charge is 2.45. The number of carbonyl (C=O) groups is 1. The van der Waals surface area contributed by atoms with Crippen molar-refractivity contribution in [2.24, 2.45) is 0 Å². The predicted molar refractivity (Wildman–Crippen MR) is 88.3 cm³/mol. The Balaban J connectivity index is 1.66. The number of hydrogen-bond donors (Lipinski definition) is 5. The minimum absolute atomic E-state index is 0.0564. The van der Waals surface area contributed by atoms with Crippen molar-refractivity contribution in [2.75, 3.05) is 11.9 Å². The van der Waals surface area contributed by atoms with Crippen LogP contribution in [0.25, 0.3) is 0 Å². The third kappa shape index (κ3) is 4.76. The normalized spacial score (nSPS) is 25.5. The van der Waals surface area contributed by atoms with Crippen LogP contribution in [0.3, 0.4) is 0 Å². The number of nitrogens with zero attached hydrogens (tertiary/aromatic N) is 3. The van der Waals surface area contributed by atoms with Gasteiger partial charge in [0.1, 0.15) is 18.3 Å². The van der Waals surface area contributed by atoms with Gasteiger partial charge >= 0.3 is 7.82 Å². The van der Waals surface area contributed by atoms with Gasteiger partial charge < -0.3 is 30.1 Å². The van der Waals surface area contributed by atoms with Crippen LogP contribution in [-0.2, 0) is 13.8 Å². The van der Waals surface area contributed by atoms with E-state index in [0.717, 1.165) is 4.68 Å². The van der Waals surface area contributed by atoms with Gasteiger partial charge in [0.15, 0.2) is 11.9 Å². The highest BCUT2D eigenvalue weighted by atomic mass is 31.2. The number of anilines is 1. The first-order valence-electron chi connectivity index (χ1n) is 7.74. The number of hydrogen-bond acceptors (Lipinski definition) is 8. The predicted octanol–water partition coefficient (Wildman–Crippen LogP) is -0.741. The van der Waals surface area contributed by atoms with Crippen LogP contribution in [0.2, 0.25) is 0 Å². The lowest BCUT2D eigenvalue weighted by molar-refractivity contribution is -0.0586. The maximum atomic E-state index is 12.2. The Bertz CT molecular complexity index is 841. The van der Waals surface area contributed by atoms with Gasteiger partial charge in [-0.2, -0.15) is 0 Å². The highest BCUT2D eigenvalue weighted by molar-refractivity contribution is 7.46. The van der Waals surface area contributed by atoms with E-state index in [1.165, 1.54) is 6.20 Å². The Labute approximate surface area is 152 Å². The number of nitrogens with one attached hydrogen (secondary N) is 1. The molecule has 0 saturated carbocycles. The molecular weight excluding hydrogens is 383 g/mol. The number of para-hydroxylation sites is 1. The summed E-state index contributed by atoms with van der Waals surface area (Å²) >= 11 is 0. The topological polar surface area (TPSA) is 176 Å². The molecule has 1 aliphatic heterocycles. The first-order valence-corrected chi connectivity index (χ1v) is 9.27. The number of amides is 1. The second-order valence-electron chi connectivity index (χ2n) is 5.74. The molecule has 2 heterocycles. The van der Waals surface area contributed by atoms with Crippen molar-refractivity contribution in [1.29, 1.82) is 0 Å². The largest absolute Gasteiger partial charge is 0.469 e. The average Bonchev–Trinajstić information content (AvgIpc) is 3.20. The third-order valence-corrected chi connectivity index (χ3v) is 4.26. The lowest BCUT2D eigenvalue weighted by atomic mass is 10.1. The van der Waals surface area contributed by atoms with Crippen molar-refractivity contribution in [2.45, 2.75) is 24.5 Å². The van der Waals surface area contributed by atoms with Crippen LogP contribution in [0.4, 0.5) is 5.69 Å². The van der Waals surface area contributed by atoms with Gasteiger partial charge in [0, 0.05) is 5.69 Å².